The topological polar surface area (TPSA) is 74.5 Å². The summed E-state index contributed by atoms with van der Waals surface area (Å²) in [6.07, 6.45) is 3.41. The van der Waals surface area contributed by atoms with Crippen LogP contribution in [0.3, 0.4) is 0 Å². The first kappa shape index (κ1) is 22.8. The second-order valence-corrected chi connectivity index (χ2v) is 6.92. The fourth-order valence-corrected chi connectivity index (χ4v) is 2.78. The van der Waals surface area contributed by atoms with Gasteiger partial charge in [-0.2, -0.15) is 5.10 Å². The van der Waals surface area contributed by atoms with E-state index >= 15 is 0 Å². The number of guanidine groups is 1. The molecule has 3 N–H and O–H groups in total. The summed E-state index contributed by atoms with van der Waals surface area (Å²) in [5.74, 6) is 0.240. The zero-order valence-corrected chi connectivity index (χ0v) is 18.9. The Morgan fingerprint density at radius 3 is 2.69 bits per heavy atom. The lowest BCUT2D eigenvalue weighted by atomic mass is 10.00. The second kappa shape index (κ2) is 10.2. The molecule has 1 atom stereocenters. The lowest BCUT2D eigenvalue weighted by molar-refractivity contribution is 0.0616. The van der Waals surface area contributed by atoms with Crippen LogP contribution in [0.1, 0.15) is 25.0 Å². The molecule has 0 amide bonds. The molecule has 0 saturated heterocycles. The van der Waals surface area contributed by atoms with Gasteiger partial charge in [-0.1, -0.05) is 15.9 Å². The maximum atomic E-state index is 13.4. The number of aliphatic hydroxyl groups is 1. The molecule has 144 valence electrons. The molecule has 2 rings (SSSR count). The summed E-state index contributed by atoms with van der Waals surface area (Å²) in [4.78, 5) is 4.44. The van der Waals surface area contributed by atoms with Crippen LogP contribution < -0.4 is 10.6 Å². The lowest BCUT2D eigenvalue weighted by Gasteiger charge is -2.23. The second-order valence-electron chi connectivity index (χ2n) is 6.00. The molecule has 6 nitrogen and oxygen atoms in total. The van der Waals surface area contributed by atoms with Crippen molar-refractivity contribution in [3.63, 3.8) is 0 Å². The standard InChI is InChI=1S/C17H23BrFN5O.HI/c1-4-20-16(21-8-12-5-14(18)7-15(19)6-12)22-11-17(2,25)13-9-23-24(3)10-13;/h5-7,9-10,25H,4,8,11H2,1-3H3,(H2,20,21,22);1H. The molecule has 1 heterocycles. The fourth-order valence-electron chi connectivity index (χ4n) is 2.27. The Hall–Kier alpha value is -1.20. The first-order valence-electron chi connectivity index (χ1n) is 7.99. The molecule has 0 radical (unpaired) electrons. The average molecular weight is 540 g/mol. The van der Waals surface area contributed by atoms with Gasteiger partial charge in [-0.25, -0.2) is 9.38 Å². The number of nitrogens with zero attached hydrogens (tertiary/aromatic N) is 3. The van der Waals surface area contributed by atoms with Crippen molar-refractivity contribution in [1.29, 1.82) is 0 Å². The average Bonchev–Trinajstić information content (AvgIpc) is 2.97. The summed E-state index contributed by atoms with van der Waals surface area (Å²) in [5.41, 5.74) is 0.377. The van der Waals surface area contributed by atoms with E-state index in [1.165, 1.54) is 12.1 Å². The van der Waals surface area contributed by atoms with Gasteiger partial charge in [-0.15, -0.1) is 24.0 Å². The molecule has 0 saturated carbocycles. The van der Waals surface area contributed by atoms with Crippen LogP contribution >= 0.6 is 39.9 Å². The highest BCUT2D eigenvalue weighted by Crippen LogP contribution is 2.18. The molecule has 0 aliphatic rings. The van der Waals surface area contributed by atoms with Crippen molar-refractivity contribution < 1.29 is 9.50 Å². The number of benzene rings is 1. The van der Waals surface area contributed by atoms with Crippen molar-refractivity contribution in [3.05, 3.63) is 52.0 Å². The predicted molar refractivity (Wildman–Crippen MR) is 115 cm³/mol. The van der Waals surface area contributed by atoms with Gasteiger partial charge >= 0.3 is 0 Å². The molecule has 26 heavy (non-hydrogen) atoms. The molecule has 0 aliphatic heterocycles. The van der Waals surface area contributed by atoms with E-state index in [1.807, 2.05) is 13.0 Å². The van der Waals surface area contributed by atoms with E-state index in [-0.39, 0.29) is 36.3 Å². The number of rotatable bonds is 6. The quantitative estimate of drug-likeness (QED) is 0.300. The Morgan fingerprint density at radius 2 is 2.12 bits per heavy atom. The fraction of sp³-hybridized carbons (Fsp3) is 0.412. The molecule has 9 heteroatoms. The number of aromatic nitrogens is 2. The third-order valence-corrected chi connectivity index (χ3v) is 4.07. The van der Waals surface area contributed by atoms with Crippen LogP contribution in [0.15, 0.2) is 40.1 Å². The molecule has 0 spiro atoms. The van der Waals surface area contributed by atoms with Crippen LogP contribution in [-0.2, 0) is 19.2 Å². The minimum Gasteiger partial charge on any atom is -0.383 e. The molecule has 0 bridgehead atoms. The highest BCUT2D eigenvalue weighted by Gasteiger charge is 2.24. The Kier molecular flexibility index (Phi) is 8.97. The van der Waals surface area contributed by atoms with Crippen LogP contribution in [-0.4, -0.2) is 33.9 Å². The van der Waals surface area contributed by atoms with Crippen molar-refractivity contribution >= 4 is 45.9 Å². The van der Waals surface area contributed by atoms with Crippen LogP contribution in [0.4, 0.5) is 4.39 Å². The Morgan fingerprint density at radius 1 is 1.38 bits per heavy atom. The minimum absolute atomic E-state index is 0. The zero-order valence-electron chi connectivity index (χ0n) is 15.0. The lowest BCUT2D eigenvalue weighted by Crippen LogP contribution is -2.44. The van der Waals surface area contributed by atoms with Crippen molar-refractivity contribution in [2.24, 2.45) is 12.0 Å². The zero-order chi connectivity index (χ0) is 18.4. The monoisotopic (exact) mass is 539 g/mol. The van der Waals surface area contributed by atoms with Gasteiger partial charge in [-0.05, 0) is 37.6 Å². The van der Waals surface area contributed by atoms with Crippen LogP contribution in [0.2, 0.25) is 0 Å². The van der Waals surface area contributed by atoms with Gasteiger partial charge < -0.3 is 15.7 Å². The van der Waals surface area contributed by atoms with Gasteiger partial charge in [0.2, 0.25) is 0 Å². The number of aliphatic imine (C=N–C) groups is 1. The molecule has 2 aromatic rings. The highest BCUT2D eigenvalue weighted by atomic mass is 127. The minimum atomic E-state index is -1.09. The van der Waals surface area contributed by atoms with Gasteiger partial charge in [0.15, 0.2) is 5.96 Å². The van der Waals surface area contributed by atoms with Crippen LogP contribution in [0, 0.1) is 5.82 Å². The Balaban J connectivity index is 0.00000338. The van der Waals surface area contributed by atoms with E-state index in [9.17, 15) is 9.50 Å². The van der Waals surface area contributed by atoms with E-state index in [0.29, 0.717) is 29.1 Å². The summed E-state index contributed by atoms with van der Waals surface area (Å²) in [6.45, 7) is 4.92. The summed E-state index contributed by atoms with van der Waals surface area (Å²) >= 11 is 3.27. The van der Waals surface area contributed by atoms with Crippen LogP contribution in [0.25, 0.3) is 0 Å². The number of halogens is 3. The number of nitrogens with one attached hydrogen (secondary N) is 2. The molecule has 1 aromatic heterocycles. The normalized spacial score (nSPS) is 13.7. The van der Waals surface area contributed by atoms with Gasteiger partial charge in [0.05, 0.1) is 19.3 Å². The Bertz CT molecular complexity index is 730. The third-order valence-electron chi connectivity index (χ3n) is 3.61. The molecule has 0 aliphatic carbocycles. The van der Waals surface area contributed by atoms with Crippen molar-refractivity contribution in [3.8, 4) is 0 Å². The molecular formula is C17H24BrFIN5O. The first-order chi connectivity index (χ1) is 11.8. The van der Waals surface area contributed by atoms with Crippen molar-refractivity contribution in [2.75, 3.05) is 13.1 Å². The van der Waals surface area contributed by atoms with Crippen molar-refractivity contribution in [1.82, 2.24) is 20.4 Å². The largest absolute Gasteiger partial charge is 0.383 e. The van der Waals surface area contributed by atoms with Gasteiger partial charge in [0, 0.05) is 29.8 Å². The van der Waals surface area contributed by atoms with E-state index in [2.05, 4.69) is 36.7 Å². The van der Waals surface area contributed by atoms with Gasteiger partial charge in [0.1, 0.15) is 11.4 Å². The first-order valence-corrected chi connectivity index (χ1v) is 8.78. The summed E-state index contributed by atoms with van der Waals surface area (Å²) < 4.78 is 15.8. The maximum Gasteiger partial charge on any atom is 0.191 e. The molecular weight excluding hydrogens is 516 g/mol. The number of hydrogen-bond acceptors (Lipinski definition) is 3. The van der Waals surface area contributed by atoms with E-state index in [0.717, 1.165) is 5.56 Å². The Labute approximate surface area is 178 Å². The maximum absolute atomic E-state index is 13.4. The summed E-state index contributed by atoms with van der Waals surface area (Å²) in [7, 11) is 1.80. The van der Waals surface area contributed by atoms with Gasteiger partial charge in [-0.3, -0.25) is 4.68 Å². The van der Waals surface area contributed by atoms with Gasteiger partial charge in [0.25, 0.3) is 0 Å². The highest BCUT2D eigenvalue weighted by molar-refractivity contribution is 14.0. The smallest absolute Gasteiger partial charge is 0.191 e. The van der Waals surface area contributed by atoms with E-state index < -0.39 is 5.60 Å². The summed E-state index contributed by atoms with van der Waals surface area (Å²) in [5, 5.41) is 20.9. The molecule has 0 fully saturated rings. The number of aryl methyl sites for hydroxylation is 1. The molecule has 1 unspecified atom stereocenters. The molecule has 1 aromatic carbocycles. The SMILES string of the molecule is CCNC(=NCc1cc(F)cc(Br)c1)NCC(C)(O)c1cnn(C)c1.I. The van der Waals surface area contributed by atoms with Crippen molar-refractivity contribution in [2.45, 2.75) is 26.0 Å². The predicted octanol–water partition coefficient (Wildman–Crippen LogP) is 2.90. The van der Waals surface area contributed by atoms with E-state index in [1.54, 1.807) is 31.0 Å². The summed E-state index contributed by atoms with van der Waals surface area (Å²) in [6, 6.07) is 4.67. The number of hydrogen-bond donors (Lipinski definition) is 3. The van der Waals surface area contributed by atoms with Crippen LogP contribution in [0.5, 0.6) is 0 Å². The van der Waals surface area contributed by atoms with E-state index in [4.69, 9.17) is 0 Å². The third kappa shape index (κ3) is 6.84.